The van der Waals surface area contributed by atoms with Crippen LogP contribution in [0.3, 0.4) is 0 Å². The highest BCUT2D eigenvalue weighted by Gasteiger charge is 2.12. The number of hydrogen-bond acceptors (Lipinski definition) is 6. The number of ether oxygens (including phenoxy) is 1. The summed E-state index contributed by atoms with van der Waals surface area (Å²) in [6, 6.07) is 7.16. The third-order valence-corrected chi connectivity index (χ3v) is 2.70. The van der Waals surface area contributed by atoms with Crippen LogP contribution in [0.5, 0.6) is 0 Å². The minimum Gasteiger partial charge on any atom is -0.450 e. The zero-order valence-electron chi connectivity index (χ0n) is 12.2. The normalized spacial score (nSPS) is 11.8. The van der Waals surface area contributed by atoms with Crippen molar-refractivity contribution in [3.8, 4) is 0 Å². The van der Waals surface area contributed by atoms with Crippen LogP contribution in [0.25, 0.3) is 0 Å². The molecule has 1 aromatic heterocycles. The molecule has 1 unspecified atom stereocenters. The SMILES string of the molecule is CCOC(=O)Nc1ccc(NC(C)c2nc(C)no2)cc1. The van der Waals surface area contributed by atoms with Gasteiger partial charge in [-0.25, -0.2) is 4.79 Å². The Morgan fingerprint density at radius 2 is 2.00 bits per heavy atom. The van der Waals surface area contributed by atoms with Crippen molar-refractivity contribution in [1.82, 2.24) is 10.1 Å². The van der Waals surface area contributed by atoms with Crippen molar-refractivity contribution >= 4 is 17.5 Å². The lowest BCUT2D eigenvalue weighted by molar-refractivity contribution is 0.168. The Balaban J connectivity index is 1.94. The molecule has 1 heterocycles. The van der Waals surface area contributed by atoms with Crippen LogP contribution in [0.15, 0.2) is 28.8 Å². The van der Waals surface area contributed by atoms with Crippen LogP contribution in [0.1, 0.15) is 31.6 Å². The van der Waals surface area contributed by atoms with E-state index in [9.17, 15) is 4.79 Å². The summed E-state index contributed by atoms with van der Waals surface area (Å²) in [6.07, 6.45) is -0.465. The number of nitrogens with one attached hydrogen (secondary N) is 2. The van der Waals surface area contributed by atoms with E-state index in [0.29, 0.717) is 24.0 Å². The van der Waals surface area contributed by atoms with E-state index in [4.69, 9.17) is 9.26 Å². The van der Waals surface area contributed by atoms with Crippen molar-refractivity contribution in [2.45, 2.75) is 26.8 Å². The van der Waals surface area contributed by atoms with Crippen LogP contribution in [-0.2, 0) is 4.74 Å². The van der Waals surface area contributed by atoms with Gasteiger partial charge < -0.3 is 14.6 Å². The van der Waals surface area contributed by atoms with Crippen LogP contribution in [0.2, 0.25) is 0 Å². The highest BCUT2D eigenvalue weighted by molar-refractivity contribution is 5.84. The first kappa shape index (κ1) is 14.8. The molecule has 112 valence electrons. The molecule has 0 saturated carbocycles. The molecule has 0 bridgehead atoms. The zero-order valence-corrected chi connectivity index (χ0v) is 12.2. The molecule has 0 spiro atoms. The number of nitrogens with zero attached hydrogens (tertiary/aromatic N) is 2. The van der Waals surface area contributed by atoms with E-state index in [1.807, 2.05) is 19.1 Å². The van der Waals surface area contributed by atoms with E-state index in [1.165, 1.54) is 0 Å². The van der Waals surface area contributed by atoms with Crippen LogP contribution in [0.4, 0.5) is 16.2 Å². The number of aryl methyl sites for hydroxylation is 1. The Kier molecular flexibility index (Phi) is 4.76. The molecule has 2 N–H and O–H groups in total. The van der Waals surface area contributed by atoms with E-state index in [2.05, 4.69) is 20.8 Å². The molecule has 0 aliphatic carbocycles. The summed E-state index contributed by atoms with van der Waals surface area (Å²) in [5.74, 6) is 1.13. The quantitative estimate of drug-likeness (QED) is 0.879. The molecule has 7 nitrogen and oxygen atoms in total. The number of carbonyl (C=O) groups is 1. The van der Waals surface area contributed by atoms with Gasteiger partial charge in [-0.2, -0.15) is 4.98 Å². The standard InChI is InChI=1S/C14H18N4O3/c1-4-20-14(19)17-12-7-5-11(6-8-12)15-9(2)13-16-10(3)18-21-13/h5-9,15H,4H2,1-3H3,(H,17,19). The van der Waals surface area contributed by atoms with E-state index >= 15 is 0 Å². The highest BCUT2D eigenvalue weighted by atomic mass is 16.5. The minimum absolute atomic E-state index is 0.102. The summed E-state index contributed by atoms with van der Waals surface area (Å²) in [7, 11) is 0. The van der Waals surface area contributed by atoms with Gasteiger partial charge in [0.05, 0.1) is 6.61 Å². The van der Waals surface area contributed by atoms with Crippen molar-refractivity contribution in [3.63, 3.8) is 0 Å². The van der Waals surface area contributed by atoms with Gasteiger partial charge in [0, 0.05) is 11.4 Å². The van der Waals surface area contributed by atoms with Gasteiger partial charge >= 0.3 is 6.09 Å². The van der Waals surface area contributed by atoms with Gasteiger partial charge in [-0.15, -0.1) is 0 Å². The molecule has 7 heteroatoms. The summed E-state index contributed by atoms with van der Waals surface area (Å²) in [6.45, 7) is 5.80. The van der Waals surface area contributed by atoms with Gasteiger partial charge in [0.15, 0.2) is 5.82 Å². The maximum atomic E-state index is 11.3. The van der Waals surface area contributed by atoms with Crippen molar-refractivity contribution in [3.05, 3.63) is 36.0 Å². The van der Waals surface area contributed by atoms with Gasteiger partial charge in [0.2, 0.25) is 5.89 Å². The average Bonchev–Trinajstić information content (AvgIpc) is 2.88. The first-order chi connectivity index (χ1) is 10.1. The molecule has 0 saturated heterocycles. The molecule has 1 amide bonds. The predicted molar refractivity (Wildman–Crippen MR) is 78.2 cm³/mol. The number of rotatable bonds is 5. The second-order valence-electron chi connectivity index (χ2n) is 4.47. The third kappa shape index (κ3) is 4.20. The second kappa shape index (κ2) is 6.74. The molecule has 21 heavy (non-hydrogen) atoms. The van der Waals surface area contributed by atoms with E-state index in [-0.39, 0.29) is 6.04 Å². The van der Waals surface area contributed by atoms with Gasteiger partial charge in [0.1, 0.15) is 6.04 Å². The number of hydrogen-bond donors (Lipinski definition) is 2. The lowest BCUT2D eigenvalue weighted by Gasteiger charge is -2.12. The molecule has 1 aromatic carbocycles. The molecular formula is C14H18N4O3. The summed E-state index contributed by atoms with van der Waals surface area (Å²) in [5, 5.41) is 9.62. The predicted octanol–water partition coefficient (Wildman–Crippen LogP) is 3.12. The van der Waals surface area contributed by atoms with Crippen molar-refractivity contribution in [2.24, 2.45) is 0 Å². The van der Waals surface area contributed by atoms with Crippen LogP contribution in [-0.4, -0.2) is 22.8 Å². The first-order valence-corrected chi connectivity index (χ1v) is 6.69. The zero-order chi connectivity index (χ0) is 15.2. The summed E-state index contributed by atoms with van der Waals surface area (Å²) >= 11 is 0. The maximum Gasteiger partial charge on any atom is 0.411 e. The minimum atomic E-state index is -0.465. The van der Waals surface area contributed by atoms with Crippen LogP contribution >= 0.6 is 0 Å². The molecule has 0 aliphatic rings. The van der Waals surface area contributed by atoms with Gasteiger partial charge in [-0.3, -0.25) is 5.32 Å². The molecule has 0 radical (unpaired) electrons. The number of carbonyl (C=O) groups excluding carboxylic acids is 1. The first-order valence-electron chi connectivity index (χ1n) is 6.69. The van der Waals surface area contributed by atoms with Gasteiger partial charge in [-0.1, -0.05) is 5.16 Å². The lowest BCUT2D eigenvalue weighted by Crippen LogP contribution is -2.13. The molecular weight excluding hydrogens is 272 g/mol. The smallest absolute Gasteiger partial charge is 0.411 e. The fourth-order valence-electron chi connectivity index (χ4n) is 1.74. The molecule has 2 aromatic rings. The lowest BCUT2D eigenvalue weighted by atomic mass is 10.2. The van der Waals surface area contributed by atoms with Crippen molar-refractivity contribution in [1.29, 1.82) is 0 Å². The molecule has 2 rings (SSSR count). The Morgan fingerprint density at radius 1 is 1.33 bits per heavy atom. The van der Waals surface area contributed by atoms with Crippen LogP contribution in [0, 0.1) is 6.92 Å². The largest absolute Gasteiger partial charge is 0.450 e. The fourth-order valence-corrected chi connectivity index (χ4v) is 1.74. The number of amides is 1. The van der Waals surface area contributed by atoms with E-state index in [0.717, 1.165) is 5.69 Å². The van der Waals surface area contributed by atoms with Gasteiger partial charge in [-0.05, 0) is 45.0 Å². The second-order valence-corrected chi connectivity index (χ2v) is 4.47. The molecule has 0 fully saturated rings. The van der Waals surface area contributed by atoms with Crippen molar-refractivity contribution in [2.75, 3.05) is 17.2 Å². The number of benzene rings is 1. The molecule has 1 atom stereocenters. The monoisotopic (exact) mass is 290 g/mol. The number of aromatic nitrogens is 2. The Morgan fingerprint density at radius 3 is 2.57 bits per heavy atom. The Bertz CT molecular complexity index is 595. The van der Waals surface area contributed by atoms with Crippen LogP contribution < -0.4 is 10.6 Å². The molecule has 0 aliphatic heterocycles. The van der Waals surface area contributed by atoms with Gasteiger partial charge in [0.25, 0.3) is 0 Å². The summed E-state index contributed by atoms with van der Waals surface area (Å²) < 4.78 is 9.91. The average molecular weight is 290 g/mol. The fraction of sp³-hybridized carbons (Fsp3) is 0.357. The van der Waals surface area contributed by atoms with E-state index < -0.39 is 6.09 Å². The van der Waals surface area contributed by atoms with E-state index in [1.54, 1.807) is 26.0 Å². The Labute approximate surface area is 122 Å². The number of anilines is 2. The Hall–Kier alpha value is -2.57. The van der Waals surface area contributed by atoms with Crippen molar-refractivity contribution < 1.29 is 14.1 Å². The summed E-state index contributed by atoms with van der Waals surface area (Å²) in [4.78, 5) is 15.5. The topological polar surface area (TPSA) is 89.3 Å². The highest BCUT2D eigenvalue weighted by Crippen LogP contribution is 2.19. The third-order valence-electron chi connectivity index (χ3n) is 2.70. The summed E-state index contributed by atoms with van der Waals surface area (Å²) in [5.41, 5.74) is 1.55. The maximum absolute atomic E-state index is 11.3.